The number of hydrogen-bond acceptors (Lipinski definition) is 6. The molecule has 1 N–H and O–H groups in total. The first-order valence-electron chi connectivity index (χ1n) is 7.87. The quantitative estimate of drug-likeness (QED) is 0.875. The summed E-state index contributed by atoms with van der Waals surface area (Å²) < 4.78 is 5.28. The molecule has 1 aliphatic heterocycles. The fourth-order valence-electron chi connectivity index (χ4n) is 2.60. The second-order valence-corrected chi connectivity index (χ2v) is 6.26. The van der Waals surface area contributed by atoms with Gasteiger partial charge in [-0.15, -0.1) is 0 Å². The second kappa shape index (κ2) is 7.74. The molecule has 0 aliphatic carbocycles. The van der Waals surface area contributed by atoms with Crippen LogP contribution in [0, 0.1) is 0 Å². The van der Waals surface area contributed by atoms with Crippen molar-refractivity contribution in [3.05, 3.63) is 35.2 Å². The van der Waals surface area contributed by atoms with Gasteiger partial charge in [0.15, 0.2) is 0 Å². The molecule has 24 heavy (non-hydrogen) atoms. The van der Waals surface area contributed by atoms with Crippen molar-refractivity contribution in [1.29, 1.82) is 0 Å². The van der Waals surface area contributed by atoms with Crippen LogP contribution in [0.5, 0.6) is 0 Å². The summed E-state index contributed by atoms with van der Waals surface area (Å²) in [7, 11) is 1.86. The Morgan fingerprint density at radius 1 is 1.42 bits per heavy atom. The zero-order chi connectivity index (χ0) is 16.9. The van der Waals surface area contributed by atoms with Gasteiger partial charge in [0.25, 0.3) is 0 Å². The Morgan fingerprint density at radius 2 is 2.21 bits per heavy atom. The van der Waals surface area contributed by atoms with Gasteiger partial charge in [-0.2, -0.15) is 4.98 Å². The molecule has 3 rings (SSSR count). The van der Waals surface area contributed by atoms with Gasteiger partial charge < -0.3 is 14.7 Å². The number of benzene rings is 1. The van der Waals surface area contributed by atoms with Crippen molar-refractivity contribution in [3.63, 3.8) is 0 Å². The van der Waals surface area contributed by atoms with E-state index in [0.717, 1.165) is 31.7 Å². The van der Waals surface area contributed by atoms with Crippen LogP contribution in [0.4, 0.5) is 0 Å². The van der Waals surface area contributed by atoms with Crippen LogP contribution in [-0.4, -0.2) is 65.6 Å². The molecule has 1 aromatic carbocycles. The molecule has 2 heterocycles. The van der Waals surface area contributed by atoms with E-state index in [1.807, 2.05) is 29.0 Å². The molecule has 1 saturated heterocycles. The van der Waals surface area contributed by atoms with Crippen LogP contribution < -0.4 is 5.32 Å². The molecule has 8 heteroatoms. The highest BCUT2D eigenvalue weighted by Crippen LogP contribution is 2.20. The van der Waals surface area contributed by atoms with Crippen molar-refractivity contribution in [2.75, 3.05) is 39.8 Å². The topological polar surface area (TPSA) is 74.5 Å². The molecular weight excluding hydrogens is 330 g/mol. The highest BCUT2D eigenvalue weighted by atomic mass is 35.5. The third-order valence-electron chi connectivity index (χ3n) is 3.83. The van der Waals surface area contributed by atoms with Gasteiger partial charge in [0.2, 0.25) is 17.6 Å². The van der Waals surface area contributed by atoms with Gasteiger partial charge in [-0.1, -0.05) is 28.9 Å². The fourth-order valence-corrected chi connectivity index (χ4v) is 2.79. The molecule has 0 unspecified atom stereocenters. The third kappa shape index (κ3) is 4.31. The number of aromatic nitrogens is 2. The van der Waals surface area contributed by atoms with Crippen molar-refractivity contribution in [1.82, 2.24) is 25.3 Å². The van der Waals surface area contributed by atoms with Crippen LogP contribution in [-0.2, 0) is 11.3 Å². The minimum atomic E-state index is 0.119. The minimum Gasteiger partial charge on any atom is -0.339 e. The zero-order valence-electron chi connectivity index (χ0n) is 13.5. The van der Waals surface area contributed by atoms with E-state index in [9.17, 15) is 4.79 Å². The van der Waals surface area contributed by atoms with Crippen molar-refractivity contribution in [2.45, 2.75) is 6.54 Å². The van der Waals surface area contributed by atoms with E-state index in [1.54, 1.807) is 12.1 Å². The van der Waals surface area contributed by atoms with Crippen LogP contribution >= 0.6 is 11.6 Å². The highest BCUT2D eigenvalue weighted by Gasteiger charge is 2.19. The predicted molar refractivity (Wildman–Crippen MR) is 90.5 cm³/mol. The summed E-state index contributed by atoms with van der Waals surface area (Å²) >= 11 is 5.98. The third-order valence-corrected chi connectivity index (χ3v) is 4.07. The Morgan fingerprint density at radius 3 is 2.96 bits per heavy atom. The van der Waals surface area contributed by atoms with Crippen LogP contribution in [0.2, 0.25) is 5.02 Å². The first kappa shape index (κ1) is 16.9. The first-order valence-corrected chi connectivity index (χ1v) is 8.25. The van der Waals surface area contributed by atoms with Gasteiger partial charge in [0, 0.05) is 36.8 Å². The molecule has 1 aliphatic rings. The first-order chi connectivity index (χ1) is 11.6. The van der Waals surface area contributed by atoms with Crippen LogP contribution in [0.25, 0.3) is 11.4 Å². The van der Waals surface area contributed by atoms with Gasteiger partial charge >= 0.3 is 0 Å². The Labute approximate surface area is 145 Å². The maximum Gasteiger partial charge on any atom is 0.241 e. The van der Waals surface area contributed by atoms with E-state index >= 15 is 0 Å². The van der Waals surface area contributed by atoms with E-state index < -0.39 is 0 Å². The van der Waals surface area contributed by atoms with E-state index in [4.69, 9.17) is 16.1 Å². The lowest BCUT2D eigenvalue weighted by Crippen LogP contribution is -2.49. The Hall–Kier alpha value is -1.96. The Bertz CT molecular complexity index is 699. The maximum atomic E-state index is 12.2. The van der Waals surface area contributed by atoms with E-state index in [1.165, 1.54) is 0 Å². The highest BCUT2D eigenvalue weighted by molar-refractivity contribution is 6.30. The summed E-state index contributed by atoms with van der Waals surface area (Å²) in [5, 5.41) is 7.83. The molecule has 1 amide bonds. The van der Waals surface area contributed by atoms with E-state index in [-0.39, 0.29) is 5.91 Å². The maximum absolute atomic E-state index is 12.2. The molecule has 0 saturated carbocycles. The molecular formula is C16H20ClN5O2. The molecule has 0 radical (unpaired) electrons. The standard InChI is InChI=1S/C16H20ClN5O2/c1-21(11-15(23)22-7-5-18-6-8-22)10-14-19-16(20-24-14)12-3-2-4-13(17)9-12/h2-4,9,18H,5-8,10-11H2,1H3. The summed E-state index contributed by atoms with van der Waals surface area (Å²) in [4.78, 5) is 20.4. The van der Waals surface area contributed by atoms with Gasteiger partial charge in [0.05, 0.1) is 13.1 Å². The lowest BCUT2D eigenvalue weighted by molar-refractivity contribution is -0.132. The van der Waals surface area contributed by atoms with Crippen molar-refractivity contribution in [3.8, 4) is 11.4 Å². The van der Waals surface area contributed by atoms with Crippen molar-refractivity contribution >= 4 is 17.5 Å². The second-order valence-electron chi connectivity index (χ2n) is 5.83. The minimum absolute atomic E-state index is 0.119. The van der Waals surface area contributed by atoms with Crippen LogP contribution in [0.1, 0.15) is 5.89 Å². The number of halogens is 1. The van der Waals surface area contributed by atoms with E-state index in [2.05, 4.69) is 15.5 Å². The molecule has 1 fully saturated rings. The summed E-state index contributed by atoms with van der Waals surface area (Å²) in [6, 6.07) is 7.29. The van der Waals surface area contributed by atoms with Crippen LogP contribution in [0.3, 0.4) is 0 Å². The van der Waals surface area contributed by atoms with Gasteiger partial charge in [-0.05, 0) is 19.2 Å². The van der Waals surface area contributed by atoms with Crippen molar-refractivity contribution in [2.24, 2.45) is 0 Å². The molecule has 0 bridgehead atoms. The molecule has 0 spiro atoms. The summed E-state index contributed by atoms with van der Waals surface area (Å²) in [6.07, 6.45) is 0. The molecule has 7 nitrogen and oxygen atoms in total. The Kier molecular flexibility index (Phi) is 5.44. The lowest BCUT2D eigenvalue weighted by atomic mass is 10.2. The average Bonchev–Trinajstić information content (AvgIpc) is 3.04. The molecule has 1 aromatic heterocycles. The zero-order valence-corrected chi connectivity index (χ0v) is 14.3. The van der Waals surface area contributed by atoms with Crippen molar-refractivity contribution < 1.29 is 9.32 Å². The molecule has 0 atom stereocenters. The van der Waals surface area contributed by atoms with Gasteiger partial charge in [-0.3, -0.25) is 9.69 Å². The lowest BCUT2D eigenvalue weighted by Gasteiger charge is -2.28. The molecule has 2 aromatic rings. The summed E-state index contributed by atoms with van der Waals surface area (Å²) in [5.74, 6) is 1.09. The van der Waals surface area contributed by atoms with Gasteiger partial charge in [0.1, 0.15) is 0 Å². The molecule has 128 valence electrons. The summed E-state index contributed by atoms with van der Waals surface area (Å²) in [5.41, 5.74) is 0.803. The number of amides is 1. The number of nitrogens with one attached hydrogen (secondary N) is 1. The monoisotopic (exact) mass is 349 g/mol. The number of carbonyl (C=O) groups excluding carboxylic acids is 1. The fraction of sp³-hybridized carbons (Fsp3) is 0.438. The number of carbonyl (C=O) groups is 1. The van der Waals surface area contributed by atoms with Gasteiger partial charge in [-0.25, -0.2) is 0 Å². The van der Waals surface area contributed by atoms with E-state index in [0.29, 0.717) is 29.8 Å². The predicted octanol–water partition coefficient (Wildman–Crippen LogP) is 1.25. The SMILES string of the molecule is CN(CC(=O)N1CCNCC1)Cc1nc(-c2cccc(Cl)c2)no1. The largest absolute Gasteiger partial charge is 0.339 e. The Balaban J connectivity index is 1.57. The number of hydrogen-bond donors (Lipinski definition) is 1. The number of rotatable bonds is 5. The van der Waals surface area contributed by atoms with Crippen LogP contribution in [0.15, 0.2) is 28.8 Å². The number of piperazine rings is 1. The normalized spacial score (nSPS) is 15.0. The average molecular weight is 350 g/mol. The summed E-state index contributed by atoms with van der Waals surface area (Å²) in [6.45, 7) is 3.96. The smallest absolute Gasteiger partial charge is 0.241 e. The number of nitrogens with zero attached hydrogens (tertiary/aromatic N) is 4. The number of likely N-dealkylation sites (N-methyl/N-ethyl adjacent to an activating group) is 1.